The highest BCUT2D eigenvalue weighted by atomic mass is 35.5. The number of halogens is 1. The van der Waals surface area contributed by atoms with Crippen molar-refractivity contribution >= 4 is 29.0 Å². The van der Waals surface area contributed by atoms with Gasteiger partial charge in [0.1, 0.15) is 11.4 Å². The Hall–Kier alpha value is -3.06. The van der Waals surface area contributed by atoms with E-state index >= 15 is 0 Å². The van der Waals surface area contributed by atoms with Crippen molar-refractivity contribution in [2.75, 3.05) is 18.5 Å². The van der Waals surface area contributed by atoms with Crippen LogP contribution in [0.1, 0.15) is 18.2 Å². The second-order valence-corrected chi connectivity index (χ2v) is 6.89. The number of fused-ring (bicyclic) bond motifs is 2. The number of pyridine rings is 1. The zero-order valence-electron chi connectivity index (χ0n) is 15.3. The maximum Gasteiger partial charge on any atom is 0.322 e. The molecule has 0 saturated carbocycles. The maximum atomic E-state index is 12.9. The number of anilines is 1. The molecule has 2 aromatic heterocycles. The molecule has 1 aliphatic rings. The van der Waals surface area contributed by atoms with E-state index in [2.05, 4.69) is 10.3 Å². The number of hydrogen-bond acceptors (Lipinski definition) is 4. The monoisotopic (exact) mass is 398 g/mol. The molecule has 0 spiro atoms. The van der Waals surface area contributed by atoms with Gasteiger partial charge >= 0.3 is 6.03 Å². The van der Waals surface area contributed by atoms with Crippen LogP contribution in [0.2, 0.25) is 5.02 Å². The highest BCUT2D eigenvalue weighted by molar-refractivity contribution is 6.30. The second-order valence-electron chi connectivity index (χ2n) is 6.45. The number of carbonyl (C=O) groups is 1. The molecule has 7 nitrogen and oxygen atoms in total. The minimum Gasteiger partial charge on any atom is -0.492 e. The summed E-state index contributed by atoms with van der Waals surface area (Å²) in [6.07, 6.45) is 2.06. The summed E-state index contributed by atoms with van der Waals surface area (Å²) in [6.45, 7) is 3.06. The molecule has 144 valence electrons. The highest BCUT2D eigenvalue weighted by Crippen LogP contribution is 2.25. The molecular weight excluding hydrogens is 380 g/mol. The van der Waals surface area contributed by atoms with Crippen LogP contribution in [-0.4, -0.2) is 33.5 Å². The lowest BCUT2D eigenvalue weighted by Crippen LogP contribution is -2.42. The minimum atomic E-state index is -0.284. The van der Waals surface area contributed by atoms with Crippen LogP contribution in [0.5, 0.6) is 5.75 Å². The molecule has 3 heterocycles. The molecule has 3 aromatic rings. The number of nitrogens with one attached hydrogen (secondary N) is 1. The lowest BCUT2D eigenvalue weighted by Gasteiger charge is -2.28. The number of benzene rings is 1. The van der Waals surface area contributed by atoms with Crippen molar-refractivity contribution in [1.29, 1.82) is 0 Å². The van der Waals surface area contributed by atoms with E-state index in [1.165, 1.54) is 4.40 Å². The first-order chi connectivity index (χ1) is 13.6. The Labute approximate surface area is 166 Å². The fourth-order valence-corrected chi connectivity index (χ4v) is 3.45. The van der Waals surface area contributed by atoms with Gasteiger partial charge in [-0.2, -0.15) is 0 Å². The normalized spacial score (nSPS) is 13.3. The van der Waals surface area contributed by atoms with Gasteiger partial charge in [0.2, 0.25) is 0 Å². The lowest BCUT2D eigenvalue weighted by molar-refractivity contribution is 0.205. The van der Waals surface area contributed by atoms with Crippen LogP contribution in [0.25, 0.3) is 5.65 Å². The molecule has 0 unspecified atom stereocenters. The number of ether oxygens (including phenoxy) is 1. The molecule has 2 amide bonds. The number of amides is 2. The number of carbonyl (C=O) groups excluding carboxylic acids is 1. The van der Waals surface area contributed by atoms with Crippen LogP contribution in [0.3, 0.4) is 0 Å². The van der Waals surface area contributed by atoms with Gasteiger partial charge in [0.05, 0.1) is 35.1 Å². The third kappa shape index (κ3) is 3.41. The van der Waals surface area contributed by atoms with E-state index in [9.17, 15) is 9.59 Å². The van der Waals surface area contributed by atoms with E-state index in [1.54, 1.807) is 35.4 Å². The number of para-hydroxylation sites is 2. The molecule has 1 aliphatic heterocycles. The molecule has 8 heteroatoms. The Morgan fingerprint density at radius 2 is 2.11 bits per heavy atom. The zero-order chi connectivity index (χ0) is 19.7. The fourth-order valence-electron chi connectivity index (χ4n) is 3.29. The van der Waals surface area contributed by atoms with Gasteiger partial charge < -0.3 is 15.0 Å². The van der Waals surface area contributed by atoms with E-state index in [1.807, 2.05) is 19.1 Å². The average Bonchev–Trinajstić information content (AvgIpc) is 2.70. The Morgan fingerprint density at radius 1 is 1.29 bits per heavy atom. The summed E-state index contributed by atoms with van der Waals surface area (Å²) >= 11 is 6.01. The molecule has 0 radical (unpaired) electrons. The van der Waals surface area contributed by atoms with Crippen molar-refractivity contribution in [1.82, 2.24) is 14.3 Å². The van der Waals surface area contributed by atoms with Crippen molar-refractivity contribution in [3.63, 3.8) is 0 Å². The van der Waals surface area contributed by atoms with Crippen molar-refractivity contribution in [2.45, 2.75) is 19.9 Å². The fraction of sp³-hybridized carbons (Fsp3) is 0.250. The highest BCUT2D eigenvalue weighted by Gasteiger charge is 2.25. The van der Waals surface area contributed by atoms with Crippen LogP contribution < -0.4 is 15.6 Å². The van der Waals surface area contributed by atoms with Gasteiger partial charge in [0, 0.05) is 19.2 Å². The van der Waals surface area contributed by atoms with Crippen LogP contribution in [0, 0.1) is 0 Å². The third-order valence-corrected chi connectivity index (χ3v) is 4.87. The Kier molecular flexibility index (Phi) is 4.92. The standard InChI is InChI=1S/C20H19ClN4O3/c1-2-28-17-6-4-3-5-16(17)23-20(27)24-10-9-15-14(12-24)19(26)25-11-13(21)7-8-18(25)22-15/h3-8,11H,2,9-10,12H2,1H3,(H,23,27). The molecule has 1 N–H and O–H groups in total. The third-order valence-electron chi connectivity index (χ3n) is 4.65. The summed E-state index contributed by atoms with van der Waals surface area (Å²) < 4.78 is 6.97. The predicted molar refractivity (Wildman–Crippen MR) is 107 cm³/mol. The molecule has 0 fully saturated rings. The Morgan fingerprint density at radius 3 is 2.93 bits per heavy atom. The summed E-state index contributed by atoms with van der Waals surface area (Å²) in [7, 11) is 0. The van der Waals surface area contributed by atoms with Gasteiger partial charge in [-0.1, -0.05) is 23.7 Å². The summed E-state index contributed by atoms with van der Waals surface area (Å²) in [6, 6.07) is 10.4. The van der Waals surface area contributed by atoms with Crippen LogP contribution >= 0.6 is 11.6 Å². The number of aromatic nitrogens is 2. The maximum absolute atomic E-state index is 12.9. The second kappa shape index (κ2) is 7.52. The molecule has 0 atom stereocenters. The molecule has 0 bridgehead atoms. The van der Waals surface area contributed by atoms with Gasteiger partial charge in [-0.15, -0.1) is 0 Å². The van der Waals surface area contributed by atoms with Crippen LogP contribution in [0.4, 0.5) is 10.5 Å². The summed E-state index contributed by atoms with van der Waals surface area (Å²) in [5.74, 6) is 0.609. The zero-order valence-corrected chi connectivity index (χ0v) is 16.1. The van der Waals surface area contributed by atoms with Crippen LogP contribution in [-0.2, 0) is 13.0 Å². The number of hydrogen-bond donors (Lipinski definition) is 1. The van der Waals surface area contributed by atoms with Crippen molar-refractivity contribution in [3.8, 4) is 5.75 Å². The van der Waals surface area contributed by atoms with Gasteiger partial charge in [0.15, 0.2) is 0 Å². The molecule has 0 saturated heterocycles. The first-order valence-corrected chi connectivity index (χ1v) is 9.42. The summed E-state index contributed by atoms with van der Waals surface area (Å²) in [4.78, 5) is 31.8. The van der Waals surface area contributed by atoms with Crippen molar-refractivity contribution < 1.29 is 9.53 Å². The van der Waals surface area contributed by atoms with E-state index < -0.39 is 0 Å². The summed E-state index contributed by atoms with van der Waals surface area (Å²) in [5.41, 5.74) is 2.19. The molecule has 0 aliphatic carbocycles. The summed E-state index contributed by atoms with van der Waals surface area (Å²) in [5, 5.41) is 3.33. The van der Waals surface area contributed by atoms with E-state index in [0.29, 0.717) is 47.2 Å². The molecule has 1 aromatic carbocycles. The van der Waals surface area contributed by atoms with Gasteiger partial charge in [0.25, 0.3) is 5.56 Å². The predicted octanol–water partition coefficient (Wildman–Crippen LogP) is 3.34. The smallest absolute Gasteiger partial charge is 0.322 e. The average molecular weight is 399 g/mol. The first kappa shape index (κ1) is 18.3. The quantitative estimate of drug-likeness (QED) is 0.734. The number of rotatable bonds is 3. The van der Waals surface area contributed by atoms with Gasteiger partial charge in [-0.05, 0) is 31.2 Å². The molecule has 4 rings (SSSR count). The number of nitrogens with zero attached hydrogens (tertiary/aromatic N) is 3. The van der Waals surface area contributed by atoms with Crippen LogP contribution in [0.15, 0.2) is 47.4 Å². The van der Waals surface area contributed by atoms with Crippen molar-refractivity contribution in [3.05, 3.63) is 69.2 Å². The Bertz CT molecular complexity index is 1110. The van der Waals surface area contributed by atoms with E-state index in [0.717, 1.165) is 5.69 Å². The lowest BCUT2D eigenvalue weighted by atomic mass is 10.1. The van der Waals surface area contributed by atoms with Gasteiger partial charge in [-0.25, -0.2) is 9.78 Å². The minimum absolute atomic E-state index is 0.194. The van der Waals surface area contributed by atoms with Crippen molar-refractivity contribution in [2.24, 2.45) is 0 Å². The largest absolute Gasteiger partial charge is 0.492 e. The molecule has 28 heavy (non-hydrogen) atoms. The molecular formula is C20H19ClN4O3. The van der Waals surface area contributed by atoms with Gasteiger partial charge in [-0.3, -0.25) is 9.20 Å². The first-order valence-electron chi connectivity index (χ1n) is 9.04. The SMILES string of the molecule is CCOc1ccccc1NC(=O)N1CCc2nc3ccc(Cl)cn3c(=O)c2C1. The van der Waals surface area contributed by atoms with E-state index in [-0.39, 0.29) is 18.1 Å². The topological polar surface area (TPSA) is 75.9 Å². The Balaban J connectivity index is 1.60. The number of urea groups is 1. The van der Waals surface area contributed by atoms with E-state index in [4.69, 9.17) is 16.3 Å².